The Morgan fingerprint density at radius 2 is 1.65 bits per heavy atom. The molecule has 0 fully saturated rings. The lowest BCUT2D eigenvalue weighted by atomic mass is 9.99. The molecule has 5 unspecified atom stereocenters. The number of hydrogen-bond donors (Lipinski definition) is 7. The Morgan fingerprint density at radius 1 is 0.973 bits per heavy atom. The fourth-order valence-electron chi connectivity index (χ4n) is 3.79. The Balaban J connectivity index is 2.05. The number of aromatic nitrogens is 1. The Labute approximate surface area is 214 Å². The minimum atomic E-state index is -1.27. The summed E-state index contributed by atoms with van der Waals surface area (Å²) in [4.78, 5) is 63.9. The minimum absolute atomic E-state index is 0.175. The van der Waals surface area contributed by atoms with E-state index in [4.69, 9.17) is 10.8 Å². The molecule has 2 aromatic rings. The maximum atomic E-state index is 12.9. The first kappa shape index (κ1) is 29.3. The summed E-state index contributed by atoms with van der Waals surface area (Å²) in [5, 5.41) is 26.7. The van der Waals surface area contributed by atoms with Gasteiger partial charge in [0.05, 0.1) is 6.04 Å². The van der Waals surface area contributed by atoms with Crippen LogP contribution in [0.15, 0.2) is 30.5 Å². The van der Waals surface area contributed by atoms with Crippen molar-refractivity contribution in [2.24, 2.45) is 11.7 Å². The molecule has 12 heteroatoms. The lowest BCUT2D eigenvalue weighted by Gasteiger charge is -2.24. The Kier molecular flexibility index (Phi) is 10.6. The molecule has 12 nitrogen and oxygen atoms in total. The molecule has 8 N–H and O–H groups in total. The maximum absolute atomic E-state index is 12.9. The van der Waals surface area contributed by atoms with Crippen LogP contribution < -0.4 is 21.7 Å². The molecular formula is C25H35N5O7. The summed E-state index contributed by atoms with van der Waals surface area (Å²) in [7, 11) is 0. The predicted molar refractivity (Wildman–Crippen MR) is 135 cm³/mol. The number of aromatic amines is 1. The number of carbonyl (C=O) groups is 5. The van der Waals surface area contributed by atoms with Crippen LogP contribution in [-0.2, 0) is 30.4 Å². The van der Waals surface area contributed by atoms with Crippen LogP contribution in [0.2, 0.25) is 0 Å². The van der Waals surface area contributed by atoms with Crippen LogP contribution in [0, 0.1) is 5.92 Å². The molecule has 0 saturated carbocycles. The van der Waals surface area contributed by atoms with Gasteiger partial charge in [-0.25, -0.2) is 4.79 Å². The second kappa shape index (κ2) is 13.4. The van der Waals surface area contributed by atoms with Gasteiger partial charge in [-0.1, -0.05) is 38.5 Å². The average molecular weight is 518 g/mol. The minimum Gasteiger partial charge on any atom is -0.481 e. The third-order valence-electron chi connectivity index (χ3n) is 6.26. The molecule has 0 saturated heterocycles. The lowest BCUT2D eigenvalue weighted by molar-refractivity contribution is -0.143. The summed E-state index contributed by atoms with van der Waals surface area (Å²) in [5.74, 6) is -4.87. The molecular weight excluding hydrogens is 482 g/mol. The van der Waals surface area contributed by atoms with Crippen molar-refractivity contribution in [3.05, 3.63) is 36.0 Å². The zero-order valence-electron chi connectivity index (χ0n) is 21.1. The van der Waals surface area contributed by atoms with E-state index in [9.17, 15) is 29.1 Å². The van der Waals surface area contributed by atoms with Crippen LogP contribution in [0.4, 0.5) is 0 Å². The van der Waals surface area contributed by atoms with E-state index < -0.39 is 60.2 Å². The van der Waals surface area contributed by atoms with Crippen LogP contribution >= 0.6 is 0 Å². The number of benzene rings is 1. The van der Waals surface area contributed by atoms with Crippen molar-refractivity contribution in [2.75, 3.05) is 0 Å². The number of rotatable bonds is 14. The third kappa shape index (κ3) is 8.31. The van der Waals surface area contributed by atoms with Crippen molar-refractivity contribution in [3.63, 3.8) is 0 Å². The fraction of sp³-hybridized carbons (Fsp3) is 0.480. The number of amides is 3. The molecule has 2 rings (SSSR count). The monoisotopic (exact) mass is 517 g/mol. The van der Waals surface area contributed by atoms with Crippen molar-refractivity contribution < 1.29 is 34.2 Å². The second-order valence-electron chi connectivity index (χ2n) is 9.10. The predicted octanol–water partition coefficient (Wildman–Crippen LogP) is 0.508. The number of H-pyrrole nitrogens is 1. The zero-order valence-corrected chi connectivity index (χ0v) is 21.1. The molecule has 5 atom stereocenters. The summed E-state index contributed by atoms with van der Waals surface area (Å²) < 4.78 is 0. The largest absolute Gasteiger partial charge is 0.481 e. The molecule has 0 bridgehead atoms. The highest BCUT2D eigenvalue weighted by Crippen LogP contribution is 2.19. The van der Waals surface area contributed by atoms with E-state index >= 15 is 0 Å². The van der Waals surface area contributed by atoms with Gasteiger partial charge < -0.3 is 36.9 Å². The van der Waals surface area contributed by atoms with E-state index in [0.717, 1.165) is 16.5 Å². The van der Waals surface area contributed by atoms with E-state index in [1.165, 1.54) is 6.92 Å². The van der Waals surface area contributed by atoms with Gasteiger partial charge in [0.25, 0.3) is 0 Å². The highest BCUT2D eigenvalue weighted by molar-refractivity contribution is 5.94. The number of nitrogens with two attached hydrogens (primary N) is 1. The Bertz CT molecular complexity index is 1130. The van der Waals surface area contributed by atoms with E-state index in [1.54, 1.807) is 20.0 Å². The number of para-hydroxylation sites is 1. The van der Waals surface area contributed by atoms with Crippen LogP contribution in [-0.4, -0.2) is 69.0 Å². The van der Waals surface area contributed by atoms with E-state index in [0.29, 0.717) is 6.42 Å². The quantitative estimate of drug-likeness (QED) is 0.188. The molecule has 37 heavy (non-hydrogen) atoms. The van der Waals surface area contributed by atoms with Crippen molar-refractivity contribution in [2.45, 2.75) is 70.6 Å². The number of fused-ring (bicyclic) bond motifs is 1. The standard InChI is InChI=1S/C25H35N5O7/c1-4-13(2)21(25(36)37)30-22(33)14(3)28-24(35)19(9-10-20(31)32)29-23(34)17(26)11-15-12-27-18-8-6-5-7-16(15)18/h5-8,12-14,17,19,21,27H,4,9-11,26H2,1-3H3,(H,28,35)(H,29,34)(H,30,33)(H,31,32)(H,36,37). The van der Waals surface area contributed by atoms with Crippen molar-refractivity contribution in [1.82, 2.24) is 20.9 Å². The topological polar surface area (TPSA) is 204 Å². The molecule has 0 aliphatic carbocycles. The lowest BCUT2D eigenvalue weighted by Crippen LogP contribution is -2.57. The van der Waals surface area contributed by atoms with Gasteiger partial charge >= 0.3 is 11.9 Å². The van der Waals surface area contributed by atoms with Gasteiger partial charge in [-0.05, 0) is 37.3 Å². The van der Waals surface area contributed by atoms with Gasteiger partial charge in [0, 0.05) is 23.5 Å². The first-order valence-corrected chi connectivity index (χ1v) is 12.1. The normalized spacial score (nSPS) is 15.1. The first-order chi connectivity index (χ1) is 17.4. The highest BCUT2D eigenvalue weighted by atomic mass is 16.4. The summed E-state index contributed by atoms with van der Waals surface area (Å²) >= 11 is 0. The van der Waals surface area contributed by atoms with E-state index in [-0.39, 0.29) is 18.8 Å². The molecule has 202 valence electrons. The van der Waals surface area contributed by atoms with Gasteiger partial charge in [0.2, 0.25) is 17.7 Å². The molecule has 0 aliphatic rings. The van der Waals surface area contributed by atoms with E-state index in [1.807, 2.05) is 24.3 Å². The molecule has 1 aromatic carbocycles. The molecule has 3 amide bonds. The SMILES string of the molecule is CCC(C)C(NC(=O)C(C)NC(=O)C(CCC(=O)O)NC(=O)C(N)Cc1c[nH]c2ccccc12)C(=O)O. The number of carbonyl (C=O) groups excluding carboxylic acids is 3. The number of hydrogen-bond acceptors (Lipinski definition) is 6. The smallest absolute Gasteiger partial charge is 0.326 e. The van der Waals surface area contributed by atoms with Gasteiger partial charge in [-0.2, -0.15) is 0 Å². The van der Waals surface area contributed by atoms with Gasteiger partial charge in [0.15, 0.2) is 0 Å². The maximum Gasteiger partial charge on any atom is 0.326 e. The first-order valence-electron chi connectivity index (χ1n) is 12.1. The van der Waals surface area contributed by atoms with Crippen molar-refractivity contribution in [3.8, 4) is 0 Å². The summed E-state index contributed by atoms with van der Waals surface area (Å²) in [5.41, 5.74) is 7.78. The van der Waals surface area contributed by atoms with Crippen LogP contribution in [0.25, 0.3) is 10.9 Å². The van der Waals surface area contributed by atoms with Gasteiger partial charge in [-0.15, -0.1) is 0 Å². The van der Waals surface area contributed by atoms with Crippen LogP contribution in [0.3, 0.4) is 0 Å². The summed E-state index contributed by atoms with van der Waals surface area (Å²) in [6.07, 6.45) is 1.79. The zero-order chi connectivity index (χ0) is 27.7. The molecule has 0 radical (unpaired) electrons. The number of aliphatic carboxylic acids is 2. The fourth-order valence-corrected chi connectivity index (χ4v) is 3.79. The Hall–Kier alpha value is -3.93. The van der Waals surface area contributed by atoms with Crippen molar-refractivity contribution in [1.29, 1.82) is 0 Å². The molecule has 1 heterocycles. The highest BCUT2D eigenvalue weighted by Gasteiger charge is 2.30. The molecule has 1 aromatic heterocycles. The van der Waals surface area contributed by atoms with Crippen LogP contribution in [0.1, 0.15) is 45.6 Å². The number of carboxylic acid groups (broad SMARTS) is 2. The van der Waals surface area contributed by atoms with Gasteiger partial charge in [0.1, 0.15) is 18.1 Å². The van der Waals surface area contributed by atoms with E-state index in [2.05, 4.69) is 20.9 Å². The Morgan fingerprint density at radius 3 is 2.27 bits per heavy atom. The van der Waals surface area contributed by atoms with Crippen molar-refractivity contribution >= 4 is 40.6 Å². The number of nitrogens with one attached hydrogen (secondary N) is 4. The average Bonchev–Trinajstić information content (AvgIpc) is 3.26. The van der Waals surface area contributed by atoms with Crippen LogP contribution in [0.5, 0.6) is 0 Å². The number of carboxylic acids is 2. The van der Waals surface area contributed by atoms with Gasteiger partial charge in [-0.3, -0.25) is 19.2 Å². The molecule has 0 aliphatic heterocycles. The third-order valence-corrected chi connectivity index (χ3v) is 6.26. The summed E-state index contributed by atoms with van der Waals surface area (Å²) in [6.45, 7) is 4.83. The second-order valence-corrected chi connectivity index (χ2v) is 9.10. The molecule has 0 spiro atoms. The summed E-state index contributed by atoms with van der Waals surface area (Å²) in [6, 6.07) is 2.94.